The molecule has 2 aromatic heterocycles. The Morgan fingerprint density at radius 2 is 2.20 bits per heavy atom. The first-order valence-corrected chi connectivity index (χ1v) is 8.03. The van der Waals surface area contributed by atoms with Crippen LogP contribution in [-0.4, -0.2) is 47.7 Å². The molecular weight excluding hydrogens is 272 g/mol. The third-order valence-corrected chi connectivity index (χ3v) is 4.19. The molecule has 6 heteroatoms. The highest BCUT2D eigenvalue weighted by atomic mass is 32.1. The van der Waals surface area contributed by atoms with E-state index in [-0.39, 0.29) is 0 Å². The summed E-state index contributed by atoms with van der Waals surface area (Å²) in [5, 5.41) is 6.63. The predicted octanol–water partition coefficient (Wildman–Crippen LogP) is 2.35. The Bertz CT molecular complexity index is 565. The smallest absolute Gasteiger partial charge is 0.146 e. The van der Waals surface area contributed by atoms with Gasteiger partial charge in [0.15, 0.2) is 0 Å². The molecule has 0 bridgehead atoms. The van der Waals surface area contributed by atoms with Crippen molar-refractivity contribution in [3.63, 3.8) is 0 Å². The zero-order valence-electron chi connectivity index (χ0n) is 11.8. The fraction of sp³-hybridized carbons (Fsp3) is 0.571. The summed E-state index contributed by atoms with van der Waals surface area (Å²) < 4.78 is 5.38. The van der Waals surface area contributed by atoms with E-state index in [2.05, 4.69) is 33.6 Å². The van der Waals surface area contributed by atoms with Crippen LogP contribution in [0.5, 0.6) is 0 Å². The molecule has 0 unspecified atom stereocenters. The normalized spacial score (nSPS) is 16.6. The molecule has 1 aliphatic rings. The number of thiophene rings is 1. The number of nitrogens with zero attached hydrogens (tertiary/aromatic N) is 3. The van der Waals surface area contributed by atoms with Crippen molar-refractivity contribution in [2.75, 3.05) is 38.2 Å². The maximum atomic E-state index is 5.38. The van der Waals surface area contributed by atoms with E-state index in [0.29, 0.717) is 0 Å². The topological polar surface area (TPSA) is 50.3 Å². The summed E-state index contributed by atoms with van der Waals surface area (Å²) in [4.78, 5) is 12.8. The number of hydrogen-bond donors (Lipinski definition) is 1. The van der Waals surface area contributed by atoms with Gasteiger partial charge in [0, 0.05) is 19.6 Å². The van der Waals surface area contributed by atoms with Crippen molar-refractivity contribution in [2.24, 2.45) is 0 Å². The minimum absolute atomic E-state index is 0.804. The standard InChI is InChI=1S/C14H20N4OS/c1-2-4-15-13-11-3-9-20-14(11)17-12(16-13)10-18-5-7-19-8-6-18/h3,9H,2,4-8,10H2,1H3,(H,15,16,17). The van der Waals surface area contributed by atoms with Crippen LogP contribution in [0.1, 0.15) is 19.2 Å². The third kappa shape index (κ3) is 3.08. The summed E-state index contributed by atoms with van der Waals surface area (Å²) in [7, 11) is 0. The first kappa shape index (κ1) is 13.7. The van der Waals surface area contributed by atoms with E-state index in [1.165, 1.54) is 0 Å². The van der Waals surface area contributed by atoms with Gasteiger partial charge in [-0.05, 0) is 17.9 Å². The second kappa shape index (κ2) is 6.47. The van der Waals surface area contributed by atoms with Gasteiger partial charge < -0.3 is 10.1 Å². The summed E-state index contributed by atoms with van der Waals surface area (Å²) in [6.07, 6.45) is 1.09. The Labute approximate surface area is 123 Å². The summed E-state index contributed by atoms with van der Waals surface area (Å²) in [6.45, 7) is 7.45. The van der Waals surface area contributed by atoms with Crippen LogP contribution in [0, 0.1) is 0 Å². The molecule has 5 nitrogen and oxygen atoms in total. The zero-order valence-corrected chi connectivity index (χ0v) is 12.6. The van der Waals surface area contributed by atoms with E-state index in [4.69, 9.17) is 9.72 Å². The zero-order chi connectivity index (χ0) is 13.8. The first-order chi connectivity index (χ1) is 9.86. The van der Waals surface area contributed by atoms with Crippen LogP contribution in [-0.2, 0) is 11.3 Å². The Morgan fingerprint density at radius 3 is 3.00 bits per heavy atom. The van der Waals surface area contributed by atoms with Crippen LogP contribution < -0.4 is 5.32 Å². The van der Waals surface area contributed by atoms with Crippen molar-refractivity contribution in [3.8, 4) is 0 Å². The molecule has 0 atom stereocenters. The second-order valence-corrected chi connectivity index (χ2v) is 5.84. The van der Waals surface area contributed by atoms with Crippen LogP contribution in [0.25, 0.3) is 10.2 Å². The van der Waals surface area contributed by atoms with Gasteiger partial charge in [0.05, 0.1) is 25.1 Å². The number of aromatic nitrogens is 2. The molecule has 3 rings (SSSR count). The van der Waals surface area contributed by atoms with Gasteiger partial charge in [-0.15, -0.1) is 11.3 Å². The van der Waals surface area contributed by atoms with E-state index in [1.807, 2.05) is 0 Å². The lowest BCUT2D eigenvalue weighted by Gasteiger charge is -2.25. The van der Waals surface area contributed by atoms with Gasteiger partial charge in [0.1, 0.15) is 16.5 Å². The van der Waals surface area contributed by atoms with Crippen molar-refractivity contribution in [2.45, 2.75) is 19.9 Å². The van der Waals surface area contributed by atoms with Crippen molar-refractivity contribution >= 4 is 27.4 Å². The maximum absolute atomic E-state index is 5.38. The number of fused-ring (bicyclic) bond motifs is 1. The van der Waals surface area contributed by atoms with Crippen molar-refractivity contribution in [1.82, 2.24) is 14.9 Å². The molecule has 0 aliphatic carbocycles. The van der Waals surface area contributed by atoms with E-state index in [0.717, 1.165) is 67.7 Å². The quantitative estimate of drug-likeness (QED) is 0.916. The highest BCUT2D eigenvalue weighted by molar-refractivity contribution is 7.16. The molecule has 0 spiro atoms. The van der Waals surface area contributed by atoms with Crippen molar-refractivity contribution < 1.29 is 4.74 Å². The molecular formula is C14H20N4OS. The lowest BCUT2D eigenvalue weighted by molar-refractivity contribution is 0.0331. The monoisotopic (exact) mass is 292 g/mol. The summed E-state index contributed by atoms with van der Waals surface area (Å²) >= 11 is 1.68. The molecule has 0 radical (unpaired) electrons. The fourth-order valence-corrected chi connectivity index (χ4v) is 3.09. The average Bonchev–Trinajstić information content (AvgIpc) is 2.94. The van der Waals surface area contributed by atoms with Crippen LogP contribution in [0.2, 0.25) is 0 Å². The Morgan fingerprint density at radius 1 is 1.35 bits per heavy atom. The van der Waals surface area contributed by atoms with Gasteiger partial charge in [0.25, 0.3) is 0 Å². The second-order valence-electron chi connectivity index (χ2n) is 4.94. The molecule has 20 heavy (non-hydrogen) atoms. The largest absolute Gasteiger partial charge is 0.379 e. The number of anilines is 1. The highest BCUT2D eigenvalue weighted by Gasteiger charge is 2.14. The van der Waals surface area contributed by atoms with Crippen LogP contribution in [0.4, 0.5) is 5.82 Å². The minimum atomic E-state index is 0.804. The Hall–Kier alpha value is -1.24. The van der Waals surface area contributed by atoms with Gasteiger partial charge in [-0.2, -0.15) is 0 Å². The molecule has 3 heterocycles. The lowest BCUT2D eigenvalue weighted by atomic mass is 10.3. The predicted molar refractivity (Wildman–Crippen MR) is 82.3 cm³/mol. The number of rotatable bonds is 5. The van der Waals surface area contributed by atoms with E-state index >= 15 is 0 Å². The van der Waals surface area contributed by atoms with Gasteiger partial charge in [-0.1, -0.05) is 6.92 Å². The van der Waals surface area contributed by atoms with Crippen LogP contribution >= 0.6 is 11.3 Å². The van der Waals surface area contributed by atoms with Gasteiger partial charge in [-0.25, -0.2) is 9.97 Å². The van der Waals surface area contributed by atoms with Crippen LogP contribution in [0.15, 0.2) is 11.4 Å². The summed E-state index contributed by atoms with van der Waals surface area (Å²) in [5.74, 6) is 1.88. The molecule has 108 valence electrons. The molecule has 1 N–H and O–H groups in total. The van der Waals surface area contributed by atoms with Crippen molar-refractivity contribution in [1.29, 1.82) is 0 Å². The highest BCUT2D eigenvalue weighted by Crippen LogP contribution is 2.25. The molecule has 1 fully saturated rings. The Kier molecular flexibility index (Phi) is 4.44. The molecule has 1 saturated heterocycles. The van der Waals surface area contributed by atoms with Gasteiger partial charge >= 0.3 is 0 Å². The van der Waals surface area contributed by atoms with Crippen molar-refractivity contribution in [3.05, 3.63) is 17.3 Å². The molecule has 0 saturated carbocycles. The number of morpholine rings is 1. The van der Waals surface area contributed by atoms with E-state index in [1.54, 1.807) is 11.3 Å². The molecule has 0 amide bonds. The third-order valence-electron chi connectivity index (χ3n) is 3.38. The number of nitrogens with one attached hydrogen (secondary N) is 1. The van der Waals surface area contributed by atoms with Gasteiger partial charge in [0.2, 0.25) is 0 Å². The summed E-state index contributed by atoms with van der Waals surface area (Å²) in [6, 6.07) is 2.09. The first-order valence-electron chi connectivity index (χ1n) is 7.15. The van der Waals surface area contributed by atoms with E-state index in [9.17, 15) is 0 Å². The number of ether oxygens (including phenoxy) is 1. The SMILES string of the molecule is CCCNc1nc(CN2CCOCC2)nc2sccc12. The Balaban J connectivity index is 1.82. The maximum Gasteiger partial charge on any atom is 0.146 e. The number of hydrogen-bond acceptors (Lipinski definition) is 6. The van der Waals surface area contributed by atoms with E-state index < -0.39 is 0 Å². The van der Waals surface area contributed by atoms with Crippen LogP contribution in [0.3, 0.4) is 0 Å². The summed E-state index contributed by atoms with van der Waals surface area (Å²) in [5.41, 5.74) is 0. The molecule has 1 aliphatic heterocycles. The lowest BCUT2D eigenvalue weighted by Crippen LogP contribution is -2.36. The average molecular weight is 292 g/mol. The molecule has 0 aromatic carbocycles. The minimum Gasteiger partial charge on any atom is -0.379 e. The molecule has 2 aromatic rings. The van der Waals surface area contributed by atoms with Gasteiger partial charge in [-0.3, -0.25) is 4.90 Å². The fourth-order valence-electron chi connectivity index (χ4n) is 2.31.